The molecule has 0 bridgehead atoms. The number of Topliss-reactive ketones (excluding diaryl/α,β-unsaturated/α-hetero) is 1. The predicted octanol–water partition coefficient (Wildman–Crippen LogP) is 6.03. The first kappa shape index (κ1) is 20.5. The van der Waals surface area contributed by atoms with Gasteiger partial charge in [0.05, 0.1) is 16.8 Å². The molecule has 0 radical (unpaired) electrons. The highest BCUT2D eigenvalue weighted by Crippen LogP contribution is 2.42. The molecule has 1 saturated heterocycles. The molecule has 0 amide bonds. The second-order valence-electron chi connectivity index (χ2n) is 7.49. The molecule has 0 aliphatic carbocycles. The van der Waals surface area contributed by atoms with E-state index >= 15 is 0 Å². The number of fused-ring (bicyclic) bond motifs is 1. The highest BCUT2D eigenvalue weighted by atomic mass is 19.4. The number of hydrogen-bond acceptors (Lipinski definition) is 2. The number of benzene rings is 2. The maximum atomic E-state index is 12.9. The Morgan fingerprint density at radius 1 is 0.767 bits per heavy atom. The van der Waals surface area contributed by atoms with Gasteiger partial charge < -0.3 is 4.90 Å². The van der Waals surface area contributed by atoms with Gasteiger partial charge in [-0.2, -0.15) is 26.3 Å². The van der Waals surface area contributed by atoms with Crippen molar-refractivity contribution in [1.82, 2.24) is 4.90 Å². The van der Waals surface area contributed by atoms with E-state index in [4.69, 9.17) is 0 Å². The van der Waals surface area contributed by atoms with Crippen LogP contribution in [0.5, 0.6) is 0 Å². The number of nitrogens with zero attached hydrogens (tertiary/aromatic N) is 1. The number of alkyl halides is 6. The third-order valence-corrected chi connectivity index (χ3v) is 5.59. The van der Waals surface area contributed by atoms with Crippen molar-refractivity contribution in [2.24, 2.45) is 0 Å². The number of allylic oxidation sites excluding steroid dienone is 1. The van der Waals surface area contributed by atoms with Crippen LogP contribution in [0.4, 0.5) is 26.3 Å². The average molecular weight is 425 g/mol. The molecule has 2 aromatic rings. The Hall–Kier alpha value is -2.77. The molecule has 4 rings (SSSR count). The van der Waals surface area contributed by atoms with Crippen molar-refractivity contribution in [1.29, 1.82) is 0 Å². The summed E-state index contributed by atoms with van der Waals surface area (Å²) in [5.41, 5.74) is -0.122. The van der Waals surface area contributed by atoms with Crippen LogP contribution in [0.15, 0.2) is 48.5 Å². The lowest BCUT2D eigenvalue weighted by Crippen LogP contribution is -2.36. The minimum Gasteiger partial charge on any atom is -0.367 e. The Morgan fingerprint density at radius 3 is 1.77 bits per heavy atom. The monoisotopic (exact) mass is 425 g/mol. The molecule has 2 aliphatic rings. The molecule has 30 heavy (non-hydrogen) atoms. The average Bonchev–Trinajstić information content (AvgIpc) is 3.13. The predicted molar refractivity (Wildman–Crippen MR) is 99.1 cm³/mol. The molecule has 0 saturated carbocycles. The Kier molecular flexibility index (Phi) is 4.91. The molecule has 1 fully saturated rings. The minimum absolute atomic E-state index is 0.0482. The minimum atomic E-state index is -4.50. The zero-order valence-corrected chi connectivity index (χ0v) is 15.6. The molecule has 0 N–H and O–H groups in total. The fourth-order valence-corrected chi connectivity index (χ4v) is 4.18. The summed E-state index contributed by atoms with van der Waals surface area (Å²) in [6, 6.07) is 8.81. The summed E-state index contributed by atoms with van der Waals surface area (Å²) in [7, 11) is 0. The summed E-state index contributed by atoms with van der Waals surface area (Å²) >= 11 is 0. The third kappa shape index (κ3) is 3.70. The number of ketones is 1. The Bertz CT molecular complexity index is 986. The smallest absolute Gasteiger partial charge is 0.367 e. The van der Waals surface area contributed by atoms with Gasteiger partial charge >= 0.3 is 12.4 Å². The molecule has 8 heteroatoms. The Balaban J connectivity index is 1.85. The van der Waals surface area contributed by atoms with Crippen molar-refractivity contribution in [3.8, 4) is 0 Å². The van der Waals surface area contributed by atoms with Crippen molar-refractivity contribution in [3.63, 3.8) is 0 Å². The van der Waals surface area contributed by atoms with Gasteiger partial charge in [0.15, 0.2) is 5.78 Å². The quantitative estimate of drug-likeness (QED) is 0.548. The largest absolute Gasteiger partial charge is 0.416 e. The molecule has 2 aliphatic heterocycles. The van der Waals surface area contributed by atoms with E-state index in [0.717, 1.165) is 37.1 Å². The molecule has 0 unspecified atom stereocenters. The van der Waals surface area contributed by atoms with Crippen molar-refractivity contribution in [2.45, 2.75) is 37.7 Å². The lowest BCUT2D eigenvalue weighted by atomic mass is 9.87. The summed E-state index contributed by atoms with van der Waals surface area (Å²) in [6.45, 7) is 0.637. The second-order valence-corrected chi connectivity index (χ2v) is 7.49. The van der Waals surface area contributed by atoms with Gasteiger partial charge in [-0.25, -0.2) is 0 Å². The van der Waals surface area contributed by atoms with Crippen molar-refractivity contribution in [2.75, 3.05) is 6.54 Å². The van der Waals surface area contributed by atoms with E-state index in [9.17, 15) is 31.1 Å². The number of hydrogen-bond donors (Lipinski definition) is 0. The van der Waals surface area contributed by atoms with Crippen molar-refractivity contribution >= 4 is 17.1 Å². The number of carbonyl (C=O) groups is 1. The van der Waals surface area contributed by atoms with Crippen LogP contribution >= 0.6 is 0 Å². The summed E-state index contributed by atoms with van der Waals surface area (Å²) in [4.78, 5) is 14.9. The number of halogens is 6. The molecule has 2 heterocycles. The van der Waals surface area contributed by atoms with E-state index < -0.39 is 23.5 Å². The van der Waals surface area contributed by atoms with E-state index in [1.165, 1.54) is 24.3 Å². The summed E-state index contributed by atoms with van der Waals surface area (Å²) in [5, 5.41) is 0. The molecule has 158 valence electrons. The first-order valence-electron chi connectivity index (χ1n) is 9.45. The molecule has 1 atom stereocenters. The summed E-state index contributed by atoms with van der Waals surface area (Å²) < 4.78 is 77.6. The maximum absolute atomic E-state index is 12.9. The van der Waals surface area contributed by atoms with Gasteiger partial charge in [-0.1, -0.05) is 24.3 Å². The van der Waals surface area contributed by atoms with Gasteiger partial charge in [0.2, 0.25) is 0 Å². The number of carbonyl (C=O) groups excluding carboxylic acids is 1. The Labute approximate surface area is 168 Å². The zero-order chi connectivity index (χ0) is 21.7. The lowest BCUT2D eigenvalue weighted by molar-refractivity contribution is -0.138. The molecular weight excluding hydrogens is 408 g/mol. The molecule has 0 spiro atoms. The van der Waals surface area contributed by atoms with Gasteiger partial charge in [-0.15, -0.1) is 0 Å². The standard InChI is InChI=1S/C22H17F6NO/c23-21(24,25)15-7-3-13(4-8-15)19-18(30)12-17-2-1-11-29(17)20(19)14-5-9-16(10-6-14)22(26,27)28/h3-10,17H,1-2,11-12H2/t17-/m1/s1. The van der Waals surface area contributed by atoms with Crippen LogP contribution in [0.25, 0.3) is 11.3 Å². The highest BCUT2D eigenvalue weighted by molar-refractivity contribution is 6.28. The van der Waals surface area contributed by atoms with Gasteiger partial charge in [-0.3, -0.25) is 4.79 Å². The van der Waals surface area contributed by atoms with Crippen molar-refractivity contribution < 1.29 is 31.1 Å². The van der Waals surface area contributed by atoms with Crippen molar-refractivity contribution in [3.05, 3.63) is 70.8 Å². The van der Waals surface area contributed by atoms with Crippen LogP contribution in [-0.2, 0) is 17.1 Å². The molecule has 2 aromatic carbocycles. The highest BCUT2D eigenvalue weighted by Gasteiger charge is 2.38. The van der Waals surface area contributed by atoms with Crippen LogP contribution < -0.4 is 0 Å². The lowest BCUT2D eigenvalue weighted by Gasteiger charge is -2.35. The summed E-state index contributed by atoms with van der Waals surface area (Å²) in [6.07, 6.45) is -7.12. The second kappa shape index (κ2) is 7.18. The van der Waals surface area contributed by atoms with Gasteiger partial charge in [-0.05, 0) is 48.2 Å². The van der Waals surface area contributed by atoms with Crippen LogP contribution in [0.2, 0.25) is 0 Å². The maximum Gasteiger partial charge on any atom is 0.416 e. The van der Waals surface area contributed by atoms with Gasteiger partial charge in [0, 0.05) is 24.6 Å². The molecule has 2 nitrogen and oxygen atoms in total. The van der Waals surface area contributed by atoms with E-state index in [2.05, 4.69) is 0 Å². The molecular formula is C22H17F6NO. The topological polar surface area (TPSA) is 20.3 Å². The van der Waals surface area contributed by atoms with Crippen LogP contribution in [0, 0.1) is 0 Å². The molecule has 0 aromatic heterocycles. The van der Waals surface area contributed by atoms with E-state index in [1.54, 1.807) is 0 Å². The first-order chi connectivity index (χ1) is 14.1. The van der Waals surface area contributed by atoms with Crippen LogP contribution in [0.1, 0.15) is 41.5 Å². The first-order valence-corrected chi connectivity index (χ1v) is 9.45. The third-order valence-electron chi connectivity index (χ3n) is 5.59. The van der Waals surface area contributed by atoms with Gasteiger partial charge in [0.1, 0.15) is 0 Å². The normalized spacial score (nSPS) is 20.0. The van der Waals surface area contributed by atoms with Gasteiger partial charge in [0.25, 0.3) is 0 Å². The fraction of sp³-hybridized carbons (Fsp3) is 0.318. The van der Waals surface area contributed by atoms with E-state index in [1.807, 2.05) is 4.90 Å². The van der Waals surface area contributed by atoms with E-state index in [0.29, 0.717) is 23.4 Å². The number of rotatable bonds is 2. The summed E-state index contributed by atoms with van der Waals surface area (Å²) in [5.74, 6) is -0.215. The van der Waals surface area contributed by atoms with E-state index in [-0.39, 0.29) is 23.8 Å². The Morgan fingerprint density at radius 2 is 1.27 bits per heavy atom. The zero-order valence-electron chi connectivity index (χ0n) is 15.6. The SMILES string of the molecule is O=C1C[C@H]2CCCN2C(c2ccc(C(F)(F)F)cc2)=C1c1ccc(C(F)(F)F)cc1. The fourth-order valence-electron chi connectivity index (χ4n) is 4.18. The van der Waals surface area contributed by atoms with Crippen LogP contribution in [-0.4, -0.2) is 23.3 Å². The van der Waals surface area contributed by atoms with Crippen LogP contribution in [0.3, 0.4) is 0 Å².